The fraction of sp³-hybridized carbons (Fsp3) is 0.444. The Morgan fingerprint density at radius 1 is 1.32 bits per heavy atom. The third kappa shape index (κ3) is 5.06. The molecule has 5 nitrogen and oxygen atoms in total. The molecule has 136 valence electrons. The van der Waals surface area contributed by atoms with Crippen molar-refractivity contribution >= 4 is 34.2 Å². The van der Waals surface area contributed by atoms with Gasteiger partial charge < -0.3 is 10.2 Å². The third-order valence-corrected chi connectivity index (χ3v) is 4.96. The number of nitrogens with zero attached hydrogens (tertiary/aromatic N) is 3. The Morgan fingerprint density at radius 3 is 2.76 bits per heavy atom. The highest BCUT2D eigenvalue weighted by molar-refractivity contribution is 9.10. The number of amides is 1. The van der Waals surface area contributed by atoms with Crippen LogP contribution in [0.5, 0.6) is 0 Å². The molecule has 0 spiro atoms. The first-order chi connectivity index (χ1) is 11.7. The van der Waals surface area contributed by atoms with Gasteiger partial charge in [0.05, 0.1) is 5.69 Å². The average molecular weight is 428 g/mol. The summed E-state index contributed by atoms with van der Waals surface area (Å²) in [7, 11) is 0. The molecule has 1 aliphatic heterocycles. The topological polar surface area (TPSA) is 50.2 Å². The maximum absolute atomic E-state index is 12.7. The van der Waals surface area contributed by atoms with Crippen LogP contribution < -0.4 is 5.32 Å². The number of carbonyl (C=O) groups is 1. The largest absolute Gasteiger partial charge is 0.337 e. The fourth-order valence-electron chi connectivity index (χ4n) is 3.05. The number of aromatic nitrogens is 2. The van der Waals surface area contributed by atoms with Crippen molar-refractivity contribution in [3.63, 3.8) is 0 Å². The van der Waals surface area contributed by atoms with Crippen molar-refractivity contribution in [1.82, 2.24) is 20.0 Å². The summed E-state index contributed by atoms with van der Waals surface area (Å²) in [5, 5.41) is 7.85. The number of hydrogen-bond donors (Lipinski definition) is 1. The summed E-state index contributed by atoms with van der Waals surface area (Å²) in [5.41, 5.74) is 1.45. The molecule has 0 atom stereocenters. The standard InChI is InChI=1S/C18H23BrN4O.ClH/c1-2-20-13-14-6-9-22(10-7-14)18(24)17-8-11-23(21-17)16-5-3-4-15(19)12-16;/h3-5,8,11-12,14,20H,2,6-7,9-10,13H2,1H3;1H. The molecule has 2 heterocycles. The molecule has 0 unspecified atom stereocenters. The maximum Gasteiger partial charge on any atom is 0.274 e. The molecule has 1 aromatic carbocycles. The molecule has 1 saturated heterocycles. The second-order valence-electron chi connectivity index (χ2n) is 6.17. The molecule has 0 bridgehead atoms. The van der Waals surface area contributed by atoms with Crippen LogP contribution in [0.25, 0.3) is 5.69 Å². The Hall–Kier alpha value is -1.37. The van der Waals surface area contributed by atoms with Crippen molar-refractivity contribution in [2.75, 3.05) is 26.2 Å². The first-order valence-corrected chi connectivity index (χ1v) is 9.28. The van der Waals surface area contributed by atoms with Crippen molar-refractivity contribution < 1.29 is 4.79 Å². The highest BCUT2D eigenvalue weighted by Crippen LogP contribution is 2.19. The zero-order chi connectivity index (χ0) is 16.9. The molecule has 0 saturated carbocycles. The van der Waals surface area contributed by atoms with Crippen LogP contribution in [0, 0.1) is 5.92 Å². The van der Waals surface area contributed by atoms with Crippen LogP contribution >= 0.6 is 28.3 Å². The molecule has 2 aromatic rings. The second kappa shape index (κ2) is 9.36. The number of nitrogens with one attached hydrogen (secondary N) is 1. The van der Waals surface area contributed by atoms with Gasteiger partial charge in [-0.05, 0) is 56.1 Å². The summed E-state index contributed by atoms with van der Waals surface area (Å²) in [6.45, 7) is 5.82. The first kappa shape index (κ1) is 19.9. The van der Waals surface area contributed by atoms with Crippen LogP contribution in [-0.2, 0) is 0 Å². The van der Waals surface area contributed by atoms with E-state index in [2.05, 4.69) is 33.3 Å². The van der Waals surface area contributed by atoms with E-state index in [0.717, 1.165) is 49.2 Å². The minimum absolute atomic E-state index is 0. The second-order valence-corrected chi connectivity index (χ2v) is 7.08. The Kier molecular flexibility index (Phi) is 7.47. The van der Waals surface area contributed by atoms with Gasteiger partial charge in [0.1, 0.15) is 0 Å². The fourth-order valence-corrected chi connectivity index (χ4v) is 3.44. The molecule has 1 fully saturated rings. The molecule has 7 heteroatoms. The van der Waals surface area contributed by atoms with E-state index in [9.17, 15) is 4.79 Å². The summed E-state index contributed by atoms with van der Waals surface area (Å²) < 4.78 is 2.74. The van der Waals surface area contributed by atoms with E-state index in [1.807, 2.05) is 35.4 Å². The quantitative estimate of drug-likeness (QED) is 0.794. The average Bonchev–Trinajstić information content (AvgIpc) is 3.10. The molecular formula is C18H24BrClN4O. The van der Waals surface area contributed by atoms with Gasteiger partial charge in [0, 0.05) is 23.8 Å². The number of benzene rings is 1. The molecule has 1 aliphatic rings. The van der Waals surface area contributed by atoms with Crippen molar-refractivity contribution in [1.29, 1.82) is 0 Å². The number of halogens is 2. The van der Waals surface area contributed by atoms with Gasteiger partial charge in [0.25, 0.3) is 5.91 Å². The van der Waals surface area contributed by atoms with Gasteiger partial charge in [-0.25, -0.2) is 4.68 Å². The number of likely N-dealkylation sites (tertiary alicyclic amines) is 1. The Balaban J connectivity index is 0.00000225. The Labute approximate surface area is 163 Å². The predicted octanol–water partition coefficient (Wildman–Crippen LogP) is 3.52. The lowest BCUT2D eigenvalue weighted by atomic mass is 9.96. The molecule has 25 heavy (non-hydrogen) atoms. The molecular weight excluding hydrogens is 404 g/mol. The van der Waals surface area contributed by atoms with E-state index in [4.69, 9.17) is 0 Å². The first-order valence-electron chi connectivity index (χ1n) is 8.49. The highest BCUT2D eigenvalue weighted by Gasteiger charge is 2.24. The summed E-state index contributed by atoms with van der Waals surface area (Å²) >= 11 is 3.46. The van der Waals surface area contributed by atoms with Gasteiger partial charge in [0.2, 0.25) is 0 Å². The lowest BCUT2D eigenvalue weighted by Gasteiger charge is -2.31. The van der Waals surface area contributed by atoms with Crippen LogP contribution in [0.15, 0.2) is 41.0 Å². The Morgan fingerprint density at radius 2 is 2.08 bits per heavy atom. The monoisotopic (exact) mass is 426 g/mol. The highest BCUT2D eigenvalue weighted by atomic mass is 79.9. The molecule has 3 rings (SSSR count). The van der Waals surface area contributed by atoms with Crippen molar-refractivity contribution in [2.24, 2.45) is 5.92 Å². The van der Waals surface area contributed by atoms with Crippen LogP contribution in [0.2, 0.25) is 0 Å². The van der Waals surface area contributed by atoms with E-state index in [-0.39, 0.29) is 18.3 Å². The van der Waals surface area contributed by atoms with Crippen molar-refractivity contribution in [3.8, 4) is 5.69 Å². The number of piperidine rings is 1. The SMILES string of the molecule is CCNCC1CCN(C(=O)c2ccn(-c3cccc(Br)c3)n2)CC1.Cl. The van der Waals surface area contributed by atoms with Crippen LogP contribution in [0.4, 0.5) is 0 Å². The molecule has 1 aromatic heterocycles. The van der Waals surface area contributed by atoms with Gasteiger partial charge in [-0.2, -0.15) is 5.10 Å². The zero-order valence-electron chi connectivity index (χ0n) is 14.3. The summed E-state index contributed by atoms with van der Waals surface area (Å²) in [6.07, 6.45) is 3.96. The molecule has 0 aliphatic carbocycles. The third-order valence-electron chi connectivity index (χ3n) is 4.47. The van der Waals surface area contributed by atoms with Crippen molar-refractivity contribution in [2.45, 2.75) is 19.8 Å². The molecule has 0 radical (unpaired) electrons. The summed E-state index contributed by atoms with van der Waals surface area (Å²) in [4.78, 5) is 14.6. The van der Waals surface area contributed by atoms with Gasteiger partial charge in [-0.3, -0.25) is 4.79 Å². The van der Waals surface area contributed by atoms with Gasteiger partial charge in [0.15, 0.2) is 5.69 Å². The van der Waals surface area contributed by atoms with E-state index in [1.165, 1.54) is 0 Å². The molecule has 1 amide bonds. The number of carbonyl (C=O) groups excluding carboxylic acids is 1. The maximum atomic E-state index is 12.7. The minimum atomic E-state index is 0. The van der Waals surface area contributed by atoms with E-state index in [1.54, 1.807) is 10.7 Å². The lowest BCUT2D eigenvalue weighted by Crippen LogP contribution is -2.41. The van der Waals surface area contributed by atoms with E-state index >= 15 is 0 Å². The number of rotatable bonds is 5. The summed E-state index contributed by atoms with van der Waals surface area (Å²) in [6, 6.07) is 9.67. The van der Waals surface area contributed by atoms with Crippen LogP contribution in [0.3, 0.4) is 0 Å². The zero-order valence-corrected chi connectivity index (χ0v) is 16.7. The van der Waals surface area contributed by atoms with Crippen LogP contribution in [-0.4, -0.2) is 46.8 Å². The smallest absolute Gasteiger partial charge is 0.274 e. The van der Waals surface area contributed by atoms with Gasteiger partial charge in [-0.1, -0.05) is 28.9 Å². The van der Waals surface area contributed by atoms with E-state index < -0.39 is 0 Å². The van der Waals surface area contributed by atoms with Crippen LogP contribution in [0.1, 0.15) is 30.3 Å². The number of hydrogen-bond acceptors (Lipinski definition) is 3. The lowest BCUT2D eigenvalue weighted by molar-refractivity contribution is 0.0684. The van der Waals surface area contributed by atoms with Gasteiger partial charge >= 0.3 is 0 Å². The van der Waals surface area contributed by atoms with Crippen molar-refractivity contribution in [3.05, 3.63) is 46.7 Å². The van der Waals surface area contributed by atoms with E-state index in [0.29, 0.717) is 11.6 Å². The normalized spacial score (nSPS) is 15.0. The molecule has 1 N–H and O–H groups in total. The minimum Gasteiger partial charge on any atom is -0.337 e. The predicted molar refractivity (Wildman–Crippen MR) is 106 cm³/mol. The Bertz CT molecular complexity index is 698. The van der Waals surface area contributed by atoms with Gasteiger partial charge in [-0.15, -0.1) is 12.4 Å². The summed E-state index contributed by atoms with van der Waals surface area (Å²) in [5.74, 6) is 0.707.